The van der Waals surface area contributed by atoms with E-state index in [0.717, 1.165) is 18.8 Å². The topological polar surface area (TPSA) is 86.1 Å². The molecule has 0 bridgehead atoms. The molecule has 29 heavy (non-hydrogen) atoms. The predicted molar refractivity (Wildman–Crippen MR) is 114 cm³/mol. The van der Waals surface area contributed by atoms with Gasteiger partial charge in [0.25, 0.3) is 0 Å². The van der Waals surface area contributed by atoms with Gasteiger partial charge in [-0.3, -0.25) is 4.98 Å². The van der Waals surface area contributed by atoms with E-state index in [0.29, 0.717) is 41.3 Å². The summed E-state index contributed by atoms with van der Waals surface area (Å²) in [5.74, 6) is 0.292. The number of hydrogen-bond acceptors (Lipinski definition) is 8. The first-order chi connectivity index (χ1) is 14.2. The van der Waals surface area contributed by atoms with Gasteiger partial charge in [-0.15, -0.1) is 0 Å². The van der Waals surface area contributed by atoms with Gasteiger partial charge in [0.2, 0.25) is 0 Å². The van der Waals surface area contributed by atoms with E-state index in [-0.39, 0.29) is 5.69 Å². The Balaban J connectivity index is 1.73. The molecule has 1 saturated heterocycles. The minimum atomic E-state index is -0.409. The number of fused-ring (bicyclic) bond motifs is 1. The summed E-state index contributed by atoms with van der Waals surface area (Å²) in [7, 11) is 0. The molecule has 1 aliphatic heterocycles. The van der Waals surface area contributed by atoms with Gasteiger partial charge in [-0.2, -0.15) is 5.26 Å². The molecule has 0 saturated carbocycles. The monoisotopic (exact) mass is 410 g/mol. The molecule has 4 rings (SSSR count). The van der Waals surface area contributed by atoms with Gasteiger partial charge in [0.15, 0.2) is 0 Å². The van der Waals surface area contributed by atoms with Crippen LogP contribution in [0.15, 0.2) is 36.5 Å². The van der Waals surface area contributed by atoms with E-state index >= 15 is 0 Å². The van der Waals surface area contributed by atoms with Crippen molar-refractivity contribution in [1.29, 1.82) is 5.26 Å². The molecule has 0 aliphatic carbocycles. The highest BCUT2D eigenvalue weighted by molar-refractivity contribution is 7.99. The molecule has 2 heterocycles. The Hall–Kier alpha value is -3.09. The van der Waals surface area contributed by atoms with Gasteiger partial charge >= 0.3 is 0 Å². The number of nitrogens with one attached hydrogen (secondary N) is 2. The molecule has 148 valence electrons. The van der Waals surface area contributed by atoms with Gasteiger partial charge in [-0.25, -0.2) is 9.37 Å². The first-order valence-electron chi connectivity index (χ1n) is 9.07. The first-order valence-corrected chi connectivity index (χ1v) is 10.3. The van der Waals surface area contributed by atoms with Crippen molar-refractivity contribution in [2.45, 2.75) is 0 Å². The standard InChI is InChI=1S/C20H19FN6OS/c1-29-26-13-2-3-15(21)18(10-13)24-16-4-5-17-20(14(16)11-22)25-19(12-23-17)27-6-8-28-9-7-27/h2-5,10,12,24,26H,6-9H2,1H3. The number of ether oxygens (including phenoxy) is 1. The van der Waals surface area contributed by atoms with Crippen LogP contribution in [-0.2, 0) is 4.74 Å². The lowest BCUT2D eigenvalue weighted by Gasteiger charge is -2.27. The number of hydrogen-bond donors (Lipinski definition) is 2. The molecule has 0 amide bonds. The fourth-order valence-corrected chi connectivity index (χ4v) is 3.54. The lowest BCUT2D eigenvalue weighted by molar-refractivity contribution is 0.122. The average molecular weight is 410 g/mol. The summed E-state index contributed by atoms with van der Waals surface area (Å²) in [6.45, 7) is 2.71. The van der Waals surface area contributed by atoms with Gasteiger partial charge in [0.05, 0.1) is 36.3 Å². The maximum absolute atomic E-state index is 14.3. The van der Waals surface area contributed by atoms with Crippen molar-refractivity contribution in [2.75, 3.05) is 47.5 Å². The fourth-order valence-electron chi connectivity index (χ4n) is 3.18. The molecule has 9 heteroatoms. The van der Waals surface area contributed by atoms with Crippen LogP contribution in [0.3, 0.4) is 0 Å². The number of nitriles is 1. The average Bonchev–Trinajstić information content (AvgIpc) is 2.76. The van der Waals surface area contributed by atoms with E-state index in [1.165, 1.54) is 18.0 Å². The molecule has 0 unspecified atom stereocenters. The normalized spacial score (nSPS) is 13.9. The number of nitrogens with zero attached hydrogens (tertiary/aromatic N) is 4. The van der Waals surface area contributed by atoms with Crippen LogP contribution in [-0.4, -0.2) is 42.5 Å². The summed E-state index contributed by atoms with van der Waals surface area (Å²) in [6, 6.07) is 10.4. The lowest BCUT2D eigenvalue weighted by Crippen LogP contribution is -2.36. The molecule has 2 aromatic carbocycles. The van der Waals surface area contributed by atoms with Crippen LogP contribution in [0.25, 0.3) is 11.0 Å². The Kier molecular flexibility index (Phi) is 5.64. The molecule has 1 aliphatic rings. The molecular weight excluding hydrogens is 391 g/mol. The summed E-state index contributed by atoms with van der Waals surface area (Å²) >= 11 is 1.42. The van der Waals surface area contributed by atoms with Crippen molar-refractivity contribution < 1.29 is 9.13 Å². The quantitative estimate of drug-likeness (QED) is 0.613. The second-order valence-corrected chi connectivity index (χ2v) is 7.03. The van der Waals surface area contributed by atoms with Crippen LogP contribution >= 0.6 is 11.9 Å². The van der Waals surface area contributed by atoms with E-state index in [1.807, 2.05) is 6.26 Å². The van der Waals surface area contributed by atoms with Gasteiger partial charge in [0.1, 0.15) is 28.8 Å². The van der Waals surface area contributed by atoms with Crippen molar-refractivity contribution in [3.05, 3.63) is 47.9 Å². The fraction of sp³-hybridized carbons (Fsp3) is 0.250. The van der Waals surface area contributed by atoms with E-state index in [1.54, 1.807) is 30.5 Å². The third-order valence-corrected chi connectivity index (χ3v) is 5.04. The van der Waals surface area contributed by atoms with Crippen molar-refractivity contribution in [3.8, 4) is 6.07 Å². The molecule has 3 aromatic rings. The van der Waals surface area contributed by atoms with Crippen molar-refractivity contribution in [1.82, 2.24) is 9.97 Å². The van der Waals surface area contributed by atoms with Crippen LogP contribution in [0.1, 0.15) is 5.56 Å². The Labute approximate surface area is 172 Å². The third kappa shape index (κ3) is 4.04. The summed E-state index contributed by atoms with van der Waals surface area (Å²) < 4.78 is 22.8. The maximum Gasteiger partial charge on any atom is 0.148 e. The second kappa shape index (κ2) is 8.51. The summed E-state index contributed by atoms with van der Waals surface area (Å²) in [5, 5.41) is 12.8. The SMILES string of the molecule is CSNc1ccc(F)c(Nc2ccc3ncc(N4CCOCC4)nc3c2C#N)c1. The van der Waals surface area contributed by atoms with Gasteiger partial charge in [-0.1, -0.05) is 11.9 Å². The summed E-state index contributed by atoms with van der Waals surface area (Å²) in [4.78, 5) is 11.2. The Bertz CT molecular complexity index is 1080. The van der Waals surface area contributed by atoms with E-state index in [2.05, 4.69) is 31.0 Å². The number of benzene rings is 2. The highest BCUT2D eigenvalue weighted by Gasteiger charge is 2.17. The zero-order chi connectivity index (χ0) is 20.2. The Morgan fingerprint density at radius 3 is 2.79 bits per heavy atom. The number of aromatic nitrogens is 2. The number of rotatable bonds is 5. The zero-order valence-corrected chi connectivity index (χ0v) is 16.6. The van der Waals surface area contributed by atoms with Crippen molar-refractivity contribution in [2.24, 2.45) is 0 Å². The molecule has 0 radical (unpaired) electrons. The van der Waals surface area contributed by atoms with Crippen molar-refractivity contribution in [3.63, 3.8) is 0 Å². The molecular formula is C20H19FN6OS. The smallest absolute Gasteiger partial charge is 0.148 e. The predicted octanol–water partition coefficient (Wildman–Crippen LogP) is 3.91. The van der Waals surface area contributed by atoms with Gasteiger partial charge in [0, 0.05) is 25.0 Å². The molecule has 1 aromatic heterocycles. The minimum absolute atomic E-state index is 0.275. The molecule has 7 nitrogen and oxygen atoms in total. The molecule has 0 atom stereocenters. The zero-order valence-electron chi connectivity index (χ0n) is 15.8. The highest BCUT2D eigenvalue weighted by Crippen LogP contribution is 2.30. The number of halogens is 1. The van der Waals surface area contributed by atoms with Crippen LogP contribution in [0.2, 0.25) is 0 Å². The van der Waals surface area contributed by atoms with Crippen LogP contribution < -0.4 is 14.9 Å². The highest BCUT2D eigenvalue weighted by atomic mass is 32.2. The number of morpholine rings is 1. The van der Waals surface area contributed by atoms with Crippen LogP contribution in [0.5, 0.6) is 0 Å². The van der Waals surface area contributed by atoms with E-state index in [9.17, 15) is 9.65 Å². The van der Waals surface area contributed by atoms with Gasteiger partial charge < -0.3 is 19.7 Å². The van der Waals surface area contributed by atoms with Crippen LogP contribution in [0.4, 0.5) is 27.3 Å². The van der Waals surface area contributed by atoms with Crippen LogP contribution in [0, 0.1) is 17.1 Å². The third-order valence-electron chi connectivity index (χ3n) is 4.60. The Morgan fingerprint density at radius 1 is 1.21 bits per heavy atom. The van der Waals surface area contributed by atoms with E-state index < -0.39 is 5.82 Å². The Morgan fingerprint density at radius 2 is 2.03 bits per heavy atom. The van der Waals surface area contributed by atoms with Gasteiger partial charge in [-0.05, 0) is 30.3 Å². The minimum Gasteiger partial charge on any atom is -0.378 e. The molecule has 2 N–H and O–H groups in total. The first kappa shape index (κ1) is 19.2. The summed E-state index contributed by atoms with van der Waals surface area (Å²) in [6.07, 6.45) is 3.59. The maximum atomic E-state index is 14.3. The molecule has 0 spiro atoms. The van der Waals surface area contributed by atoms with Crippen molar-refractivity contribution >= 4 is 45.9 Å². The number of anilines is 4. The molecule has 1 fully saturated rings. The summed E-state index contributed by atoms with van der Waals surface area (Å²) in [5.41, 5.74) is 2.94. The van der Waals surface area contributed by atoms with E-state index in [4.69, 9.17) is 4.74 Å². The largest absolute Gasteiger partial charge is 0.378 e. The lowest BCUT2D eigenvalue weighted by atomic mass is 10.1. The second-order valence-electron chi connectivity index (χ2n) is 6.42.